The molecule has 1 amide bonds. The number of carbonyl (C=O) groups is 1. The van der Waals surface area contributed by atoms with Gasteiger partial charge in [-0.1, -0.05) is 43.8 Å². The van der Waals surface area contributed by atoms with Crippen molar-refractivity contribution in [2.45, 2.75) is 31.1 Å². The second kappa shape index (κ2) is 9.15. The molecule has 2 aliphatic heterocycles. The van der Waals surface area contributed by atoms with E-state index >= 15 is 0 Å². The van der Waals surface area contributed by atoms with Gasteiger partial charge in [0.15, 0.2) is 15.0 Å². The molecule has 170 valence electrons. The van der Waals surface area contributed by atoms with Crippen LogP contribution in [0.4, 0.5) is 11.4 Å². The predicted octanol–water partition coefficient (Wildman–Crippen LogP) is 3.53. The van der Waals surface area contributed by atoms with E-state index in [1.165, 1.54) is 17.3 Å². The first kappa shape index (κ1) is 22.7. The number of methoxy groups -OCH3 is 1. The van der Waals surface area contributed by atoms with Gasteiger partial charge in [0, 0.05) is 22.7 Å². The van der Waals surface area contributed by atoms with Crippen LogP contribution in [0.25, 0.3) is 0 Å². The van der Waals surface area contributed by atoms with Crippen molar-refractivity contribution in [1.29, 1.82) is 0 Å². The summed E-state index contributed by atoms with van der Waals surface area (Å²) in [6.45, 7) is 4.33. The molecule has 0 unspecified atom stereocenters. The molecule has 7 nitrogen and oxygen atoms in total. The average Bonchev–Trinajstić information content (AvgIpc) is 3.25. The van der Waals surface area contributed by atoms with Crippen molar-refractivity contribution in [3.63, 3.8) is 0 Å². The third-order valence-corrected chi connectivity index (χ3v) is 8.81. The maximum absolute atomic E-state index is 12.9. The van der Waals surface area contributed by atoms with Gasteiger partial charge in [0.2, 0.25) is 5.91 Å². The molecule has 0 saturated carbocycles. The largest absolute Gasteiger partial charge is 0.497 e. The maximum Gasteiger partial charge on any atom is 0.244 e. The first-order chi connectivity index (χ1) is 15.2. The van der Waals surface area contributed by atoms with Crippen LogP contribution in [0.3, 0.4) is 0 Å². The Kier molecular flexibility index (Phi) is 6.48. The van der Waals surface area contributed by atoms with E-state index in [0.29, 0.717) is 22.5 Å². The molecule has 0 aromatic heterocycles. The molecule has 2 aliphatic rings. The molecule has 0 bridgehead atoms. The number of anilines is 2. The van der Waals surface area contributed by atoms with Gasteiger partial charge < -0.3 is 15.0 Å². The number of sulfone groups is 1. The van der Waals surface area contributed by atoms with Gasteiger partial charge in [0.1, 0.15) is 12.3 Å². The lowest BCUT2D eigenvalue weighted by atomic mass is 10.0. The fourth-order valence-corrected chi connectivity index (χ4v) is 7.60. The lowest BCUT2D eigenvalue weighted by Crippen LogP contribution is -2.36. The summed E-state index contributed by atoms with van der Waals surface area (Å²) in [6.07, 6.45) is 0. The molecule has 4 rings (SSSR count). The summed E-state index contributed by atoms with van der Waals surface area (Å²) in [4.78, 5) is 19.5. The Hall–Kier alpha value is -2.52. The van der Waals surface area contributed by atoms with E-state index < -0.39 is 9.84 Å². The van der Waals surface area contributed by atoms with Crippen molar-refractivity contribution >= 4 is 44.0 Å². The Balaban J connectivity index is 1.57. The Morgan fingerprint density at radius 3 is 2.62 bits per heavy atom. The summed E-state index contributed by atoms with van der Waals surface area (Å²) in [5.74, 6) is 1.07. The summed E-state index contributed by atoms with van der Waals surface area (Å²) in [5, 5.41) is 3.51. The number of amides is 1. The van der Waals surface area contributed by atoms with Crippen LogP contribution in [0.1, 0.15) is 25.3 Å². The smallest absolute Gasteiger partial charge is 0.244 e. The number of nitrogens with one attached hydrogen (secondary N) is 1. The van der Waals surface area contributed by atoms with Gasteiger partial charge in [-0.2, -0.15) is 0 Å². The number of amidine groups is 1. The van der Waals surface area contributed by atoms with Crippen molar-refractivity contribution in [1.82, 2.24) is 0 Å². The third-order valence-electron chi connectivity index (χ3n) is 5.56. The molecule has 0 aliphatic carbocycles. The van der Waals surface area contributed by atoms with Gasteiger partial charge in [-0.05, 0) is 35.7 Å². The maximum atomic E-state index is 12.9. The predicted molar refractivity (Wildman–Crippen MR) is 131 cm³/mol. The van der Waals surface area contributed by atoms with Gasteiger partial charge >= 0.3 is 0 Å². The van der Waals surface area contributed by atoms with Gasteiger partial charge in [0.05, 0.1) is 24.7 Å². The normalized spacial score (nSPS) is 21.2. The van der Waals surface area contributed by atoms with Gasteiger partial charge in [0.25, 0.3) is 0 Å². The number of benzene rings is 2. The summed E-state index contributed by atoms with van der Waals surface area (Å²) >= 11 is 1.45. The fraction of sp³-hybridized carbons (Fsp3) is 0.391. The number of hydrogen-bond acceptors (Lipinski definition) is 7. The number of hydrogen-bond donors (Lipinski definition) is 1. The number of carbonyl (C=O) groups excluding carboxylic acids is 1. The highest BCUT2D eigenvalue weighted by molar-refractivity contribution is 8.15. The third kappa shape index (κ3) is 5.10. The number of rotatable bonds is 6. The summed E-state index contributed by atoms with van der Waals surface area (Å²) in [7, 11) is -1.46. The van der Waals surface area contributed by atoms with E-state index in [1.54, 1.807) is 19.2 Å². The van der Waals surface area contributed by atoms with Gasteiger partial charge in [-0.3, -0.25) is 9.79 Å². The lowest BCUT2D eigenvalue weighted by Gasteiger charge is -2.24. The number of ether oxygens (including phenoxy) is 1. The Bertz CT molecular complexity index is 1130. The lowest BCUT2D eigenvalue weighted by molar-refractivity contribution is -0.114. The second-order valence-electron chi connectivity index (χ2n) is 8.32. The van der Waals surface area contributed by atoms with Crippen molar-refractivity contribution in [3.05, 3.63) is 54.1 Å². The van der Waals surface area contributed by atoms with Crippen LogP contribution in [-0.2, 0) is 14.6 Å². The summed E-state index contributed by atoms with van der Waals surface area (Å²) in [6, 6.07) is 15.0. The van der Waals surface area contributed by atoms with Crippen molar-refractivity contribution in [3.8, 4) is 5.75 Å². The molecule has 32 heavy (non-hydrogen) atoms. The van der Waals surface area contributed by atoms with E-state index in [4.69, 9.17) is 9.73 Å². The first-order valence-electron chi connectivity index (χ1n) is 10.5. The van der Waals surface area contributed by atoms with Crippen LogP contribution in [0.5, 0.6) is 5.75 Å². The average molecular weight is 474 g/mol. The molecule has 2 aromatic carbocycles. The number of aliphatic imine (C=N–C) groups is 1. The molecular weight excluding hydrogens is 446 g/mol. The monoisotopic (exact) mass is 473 g/mol. The minimum atomic E-state index is -3.04. The minimum Gasteiger partial charge on any atom is -0.497 e. The minimum absolute atomic E-state index is 0.0657. The van der Waals surface area contributed by atoms with Crippen molar-refractivity contribution in [2.24, 2.45) is 4.99 Å². The van der Waals surface area contributed by atoms with E-state index in [2.05, 4.69) is 31.3 Å². The molecule has 9 heteroatoms. The van der Waals surface area contributed by atoms with Crippen LogP contribution in [0, 0.1) is 0 Å². The fourth-order valence-electron chi connectivity index (χ4n) is 3.82. The Morgan fingerprint density at radius 1 is 1.22 bits per heavy atom. The van der Waals surface area contributed by atoms with Crippen LogP contribution in [-0.4, -0.2) is 55.9 Å². The highest BCUT2D eigenvalue weighted by Crippen LogP contribution is 2.37. The van der Waals surface area contributed by atoms with E-state index in [1.807, 2.05) is 29.2 Å². The second-order valence-corrected chi connectivity index (χ2v) is 11.7. The van der Waals surface area contributed by atoms with E-state index in [0.717, 1.165) is 5.69 Å². The SMILES string of the molecule is COc1cccc(NC(=O)CN(C2=N[C@H]3CS(=O)(=O)C[C@H]3S2)c2ccc(C(C)C)cc2)c1. The topological polar surface area (TPSA) is 88.1 Å². The molecule has 2 atom stereocenters. The van der Waals surface area contributed by atoms with E-state index in [-0.39, 0.29) is 35.2 Å². The molecule has 1 fully saturated rings. The highest BCUT2D eigenvalue weighted by atomic mass is 32.2. The van der Waals surface area contributed by atoms with Crippen molar-refractivity contribution in [2.75, 3.05) is 35.4 Å². The van der Waals surface area contributed by atoms with Crippen LogP contribution in [0.2, 0.25) is 0 Å². The van der Waals surface area contributed by atoms with Gasteiger partial charge in [-0.15, -0.1) is 0 Å². The Labute approximate surface area is 193 Å². The number of nitrogens with zero attached hydrogens (tertiary/aromatic N) is 2. The van der Waals surface area contributed by atoms with Crippen LogP contribution >= 0.6 is 11.8 Å². The molecule has 0 radical (unpaired) electrons. The molecule has 0 spiro atoms. The number of thioether (sulfide) groups is 1. The zero-order valence-corrected chi connectivity index (χ0v) is 19.9. The quantitative estimate of drug-likeness (QED) is 0.691. The zero-order valence-electron chi connectivity index (χ0n) is 18.3. The summed E-state index contributed by atoms with van der Waals surface area (Å²) in [5.41, 5.74) is 2.70. The Morgan fingerprint density at radius 2 is 1.97 bits per heavy atom. The molecule has 1 saturated heterocycles. The highest BCUT2D eigenvalue weighted by Gasteiger charge is 2.44. The van der Waals surface area contributed by atoms with Crippen LogP contribution < -0.4 is 15.0 Å². The molecular formula is C23H27N3O4S2. The van der Waals surface area contributed by atoms with Gasteiger partial charge in [-0.25, -0.2) is 8.42 Å². The van der Waals surface area contributed by atoms with E-state index in [9.17, 15) is 13.2 Å². The van der Waals surface area contributed by atoms with Crippen molar-refractivity contribution < 1.29 is 17.9 Å². The molecule has 2 aromatic rings. The van der Waals surface area contributed by atoms with Crippen LogP contribution in [0.15, 0.2) is 53.5 Å². The zero-order chi connectivity index (χ0) is 22.9. The standard InChI is InChI=1S/C23H27N3O4S2/c1-15(2)16-7-9-18(10-8-16)26(23-25-20-13-32(28,29)14-21(20)31-23)12-22(27)24-17-5-4-6-19(11-17)30-3/h4-11,15,20-21H,12-14H2,1-3H3,(H,24,27)/t20-,21+/m0/s1. The first-order valence-corrected chi connectivity index (χ1v) is 13.2. The molecule has 2 heterocycles. The molecule has 1 N–H and O–H groups in total. The number of fused-ring (bicyclic) bond motifs is 1. The summed E-state index contributed by atoms with van der Waals surface area (Å²) < 4.78 is 29.1.